The number of hydrogen-bond acceptors (Lipinski definition) is 2. The first-order valence-corrected chi connectivity index (χ1v) is 5.31. The fourth-order valence-electron chi connectivity index (χ4n) is 1.62. The van der Waals surface area contributed by atoms with Crippen LogP contribution in [-0.2, 0) is 0 Å². The zero-order valence-electron chi connectivity index (χ0n) is 9.08. The van der Waals surface area contributed by atoms with E-state index in [2.05, 4.69) is 0 Å². The Morgan fingerprint density at radius 2 is 1.88 bits per heavy atom. The highest BCUT2D eigenvalue weighted by molar-refractivity contribution is 6.33. The van der Waals surface area contributed by atoms with Crippen LogP contribution in [0.5, 0.6) is 0 Å². The van der Waals surface area contributed by atoms with Crippen LogP contribution in [0.1, 0.15) is 21.7 Å². The van der Waals surface area contributed by atoms with Gasteiger partial charge in [-0.2, -0.15) is 0 Å². The van der Waals surface area contributed by atoms with E-state index in [0.29, 0.717) is 17.1 Å². The molecule has 0 spiro atoms. The molecule has 0 aliphatic carbocycles. The normalized spacial score (nSPS) is 10.4. The first-order chi connectivity index (χ1) is 7.63. The Morgan fingerprint density at radius 1 is 1.19 bits per heavy atom. The zero-order valence-corrected chi connectivity index (χ0v) is 9.84. The highest BCUT2D eigenvalue weighted by Crippen LogP contribution is 2.32. The Morgan fingerprint density at radius 3 is 2.56 bits per heavy atom. The molecule has 0 amide bonds. The second kappa shape index (κ2) is 4.14. The van der Waals surface area contributed by atoms with Gasteiger partial charge in [-0.05, 0) is 43.2 Å². The number of rotatable bonds is 2. The standard InChI is InChI=1S/C13H11ClO2/c1-8-5-11(12(14)6-9(8)2)10-3-4-16-13(10)7-15/h3-7H,1-2H3. The molecule has 16 heavy (non-hydrogen) atoms. The van der Waals surface area contributed by atoms with Gasteiger partial charge in [-0.25, -0.2) is 0 Å². The maximum atomic E-state index is 10.8. The van der Waals surface area contributed by atoms with Gasteiger partial charge < -0.3 is 4.42 Å². The Kier molecular flexibility index (Phi) is 2.84. The summed E-state index contributed by atoms with van der Waals surface area (Å²) in [5.41, 5.74) is 3.84. The van der Waals surface area contributed by atoms with Gasteiger partial charge in [-0.3, -0.25) is 4.79 Å². The monoisotopic (exact) mass is 234 g/mol. The summed E-state index contributed by atoms with van der Waals surface area (Å²) < 4.78 is 5.07. The molecule has 0 unspecified atom stereocenters. The average Bonchev–Trinajstić information content (AvgIpc) is 2.71. The number of hydrogen-bond donors (Lipinski definition) is 0. The number of aldehydes is 1. The summed E-state index contributed by atoms with van der Waals surface area (Å²) in [7, 11) is 0. The van der Waals surface area contributed by atoms with E-state index in [4.69, 9.17) is 16.0 Å². The lowest BCUT2D eigenvalue weighted by Crippen LogP contribution is -1.87. The van der Waals surface area contributed by atoms with Gasteiger partial charge in [0.2, 0.25) is 0 Å². The van der Waals surface area contributed by atoms with E-state index in [1.165, 1.54) is 6.26 Å². The average molecular weight is 235 g/mol. The minimum Gasteiger partial charge on any atom is -0.461 e. The molecular formula is C13H11ClO2. The number of carbonyl (C=O) groups is 1. The van der Waals surface area contributed by atoms with Crippen LogP contribution in [0.2, 0.25) is 5.02 Å². The molecule has 3 heteroatoms. The van der Waals surface area contributed by atoms with Crippen molar-refractivity contribution in [3.63, 3.8) is 0 Å². The van der Waals surface area contributed by atoms with Crippen LogP contribution in [0.3, 0.4) is 0 Å². The van der Waals surface area contributed by atoms with Gasteiger partial charge in [-0.15, -0.1) is 0 Å². The largest absolute Gasteiger partial charge is 0.461 e. The van der Waals surface area contributed by atoms with Crippen LogP contribution in [0.25, 0.3) is 11.1 Å². The van der Waals surface area contributed by atoms with Crippen LogP contribution >= 0.6 is 11.6 Å². The quantitative estimate of drug-likeness (QED) is 0.735. The zero-order chi connectivity index (χ0) is 11.7. The van der Waals surface area contributed by atoms with E-state index in [1.807, 2.05) is 26.0 Å². The molecule has 0 aliphatic rings. The van der Waals surface area contributed by atoms with Crippen molar-refractivity contribution in [2.45, 2.75) is 13.8 Å². The van der Waals surface area contributed by atoms with Gasteiger partial charge in [0, 0.05) is 16.1 Å². The predicted octanol–water partition coefficient (Wildman–Crippen LogP) is 4.03. The van der Waals surface area contributed by atoms with Crippen LogP contribution in [0.4, 0.5) is 0 Å². The summed E-state index contributed by atoms with van der Waals surface area (Å²) in [4.78, 5) is 10.8. The summed E-state index contributed by atoms with van der Waals surface area (Å²) in [6.07, 6.45) is 2.19. The predicted molar refractivity (Wildman–Crippen MR) is 64.0 cm³/mol. The molecule has 0 N–H and O–H groups in total. The van der Waals surface area contributed by atoms with Crippen molar-refractivity contribution in [1.82, 2.24) is 0 Å². The van der Waals surface area contributed by atoms with Crippen molar-refractivity contribution < 1.29 is 9.21 Å². The Hall–Kier alpha value is -1.54. The summed E-state index contributed by atoms with van der Waals surface area (Å²) in [5, 5.41) is 0.632. The van der Waals surface area contributed by atoms with E-state index in [1.54, 1.807) is 6.07 Å². The van der Waals surface area contributed by atoms with Gasteiger partial charge in [0.1, 0.15) is 0 Å². The van der Waals surface area contributed by atoms with Crippen molar-refractivity contribution in [3.05, 3.63) is 46.4 Å². The van der Waals surface area contributed by atoms with Crippen molar-refractivity contribution in [3.8, 4) is 11.1 Å². The molecule has 0 aliphatic heterocycles. The highest BCUT2D eigenvalue weighted by Gasteiger charge is 2.12. The second-order valence-electron chi connectivity index (χ2n) is 3.73. The number of aryl methyl sites for hydroxylation is 2. The number of carbonyl (C=O) groups excluding carboxylic acids is 1. The van der Waals surface area contributed by atoms with Crippen LogP contribution in [0, 0.1) is 13.8 Å². The van der Waals surface area contributed by atoms with E-state index in [9.17, 15) is 4.79 Å². The molecule has 1 aromatic carbocycles. The number of furan rings is 1. The van der Waals surface area contributed by atoms with Crippen LogP contribution < -0.4 is 0 Å². The van der Waals surface area contributed by atoms with Crippen molar-refractivity contribution in [2.24, 2.45) is 0 Å². The van der Waals surface area contributed by atoms with E-state index in [-0.39, 0.29) is 0 Å². The third-order valence-electron chi connectivity index (χ3n) is 2.68. The van der Waals surface area contributed by atoms with E-state index in [0.717, 1.165) is 22.3 Å². The second-order valence-corrected chi connectivity index (χ2v) is 4.14. The maximum absolute atomic E-state index is 10.8. The first-order valence-electron chi connectivity index (χ1n) is 4.93. The highest BCUT2D eigenvalue weighted by atomic mass is 35.5. The fraction of sp³-hybridized carbons (Fsp3) is 0.154. The van der Waals surface area contributed by atoms with Gasteiger partial charge in [-0.1, -0.05) is 11.6 Å². The van der Waals surface area contributed by atoms with Crippen molar-refractivity contribution in [1.29, 1.82) is 0 Å². The van der Waals surface area contributed by atoms with Gasteiger partial charge >= 0.3 is 0 Å². The Balaban J connectivity index is 2.64. The lowest BCUT2D eigenvalue weighted by atomic mass is 10.0. The van der Waals surface area contributed by atoms with Crippen molar-refractivity contribution in [2.75, 3.05) is 0 Å². The molecule has 0 bridgehead atoms. The van der Waals surface area contributed by atoms with Crippen LogP contribution in [-0.4, -0.2) is 6.29 Å². The molecule has 0 saturated carbocycles. The maximum Gasteiger partial charge on any atom is 0.185 e. The molecule has 0 radical (unpaired) electrons. The summed E-state index contributed by atoms with van der Waals surface area (Å²) >= 11 is 6.16. The molecule has 0 saturated heterocycles. The lowest BCUT2D eigenvalue weighted by Gasteiger charge is -2.07. The SMILES string of the molecule is Cc1cc(Cl)c(-c2ccoc2C=O)cc1C. The number of benzene rings is 1. The van der Waals surface area contributed by atoms with E-state index >= 15 is 0 Å². The third kappa shape index (κ3) is 1.76. The third-order valence-corrected chi connectivity index (χ3v) is 2.99. The first kappa shape index (κ1) is 11.0. The molecule has 0 atom stereocenters. The molecule has 0 fully saturated rings. The Labute approximate surface area is 98.8 Å². The van der Waals surface area contributed by atoms with E-state index < -0.39 is 0 Å². The summed E-state index contributed by atoms with van der Waals surface area (Å²) in [6, 6.07) is 5.61. The minimum atomic E-state index is 0.310. The van der Waals surface area contributed by atoms with Gasteiger partial charge in [0.25, 0.3) is 0 Å². The molecule has 1 heterocycles. The van der Waals surface area contributed by atoms with Gasteiger partial charge in [0.05, 0.1) is 6.26 Å². The van der Waals surface area contributed by atoms with Crippen molar-refractivity contribution >= 4 is 17.9 Å². The molecule has 1 aromatic heterocycles. The minimum absolute atomic E-state index is 0.310. The molecule has 2 aromatic rings. The fourth-order valence-corrected chi connectivity index (χ4v) is 1.94. The Bertz CT molecular complexity index is 541. The summed E-state index contributed by atoms with van der Waals surface area (Å²) in [5.74, 6) is 0.310. The molecule has 2 rings (SSSR count). The lowest BCUT2D eigenvalue weighted by molar-refractivity contribution is 0.110. The smallest absolute Gasteiger partial charge is 0.185 e. The topological polar surface area (TPSA) is 30.2 Å². The molecule has 82 valence electrons. The number of halogens is 1. The molecule has 2 nitrogen and oxygen atoms in total. The van der Waals surface area contributed by atoms with Gasteiger partial charge in [0.15, 0.2) is 12.0 Å². The molecular weight excluding hydrogens is 224 g/mol. The van der Waals surface area contributed by atoms with Crippen LogP contribution in [0.15, 0.2) is 28.9 Å². The summed E-state index contributed by atoms with van der Waals surface area (Å²) in [6.45, 7) is 4.01.